The maximum Gasteiger partial charge on any atom is 0.277 e. The largest absolute Gasteiger partial charge is 0.346 e. The zero-order chi connectivity index (χ0) is 18.4. The molecule has 0 aliphatic heterocycles. The molecule has 0 atom stereocenters. The van der Waals surface area contributed by atoms with Gasteiger partial charge in [0.15, 0.2) is 11.2 Å². The van der Waals surface area contributed by atoms with Gasteiger partial charge < -0.3 is 10.3 Å². The summed E-state index contributed by atoms with van der Waals surface area (Å²) in [4.78, 5) is 27.8. The van der Waals surface area contributed by atoms with Gasteiger partial charge in [-0.2, -0.15) is 5.10 Å². The number of para-hydroxylation sites is 2. The first-order chi connectivity index (χ1) is 12.5. The zero-order valence-electron chi connectivity index (χ0n) is 14.6. The lowest BCUT2D eigenvalue weighted by Crippen LogP contribution is -2.25. The number of hydrogen-bond acceptors (Lipinski definition) is 5. The molecule has 26 heavy (non-hydrogen) atoms. The van der Waals surface area contributed by atoms with Crippen LogP contribution in [0.25, 0.3) is 16.6 Å². The van der Waals surface area contributed by atoms with Crippen LogP contribution in [0.3, 0.4) is 0 Å². The standard InChI is InChI=1S/C17H17N7O2/c1-9-11(10(2)23(3)21-9)8-18-16(25)14-15-17(26)19-12-6-4-5-7-13(12)24(15)22-20-14/h4-7H,8H2,1-3H3,(H,18,25)(H,19,26). The van der Waals surface area contributed by atoms with Crippen LogP contribution in [0.2, 0.25) is 0 Å². The van der Waals surface area contributed by atoms with Gasteiger partial charge in [-0.1, -0.05) is 17.3 Å². The third kappa shape index (κ3) is 2.36. The Morgan fingerprint density at radius 3 is 2.77 bits per heavy atom. The van der Waals surface area contributed by atoms with Crippen LogP contribution in [0.5, 0.6) is 0 Å². The molecule has 4 aromatic rings. The fourth-order valence-corrected chi connectivity index (χ4v) is 3.08. The molecule has 1 aromatic carbocycles. The summed E-state index contributed by atoms with van der Waals surface area (Å²) >= 11 is 0. The van der Waals surface area contributed by atoms with Gasteiger partial charge in [-0.15, -0.1) is 5.10 Å². The van der Waals surface area contributed by atoms with Crippen LogP contribution < -0.4 is 10.9 Å². The number of hydrogen-bond donors (Lipinski definition) is 2. The molecule has 0 saturated carbocycles. The molecule has 0 bridgehead atoms. The van der Waals surface area contributed by atoms with E-state index in [0.29, 0.717) is 17.6 Å². The van der Waals surface area contributed by atoms with Crippen molar-refractivity contribution in [1.82, 2.24) is 34.9 Å². The Kier molecular flexibility index (Phi) is 3.57. The molecule has 3 aromatic heterocycles. The number of carbonyl (C=O) groups excluding carboxylic acids is 1. The Balaban J connectivity index is 1.71. The van der Waals surface area contributed by atoms with E-state index in [-0.39, 0.29) is 11.2 Å². The van der Waals surface area contributed by atoms with E-state index in [0.717, 1.165) is 17.0 Å². The minimum absolute atomic E-state index is 0.00352. The molecule has 0 radical (unpaired) electrons. The zero-order valence-corrected chi connectivity index (χ0v) is 14.6. The van der Waals surface area contributed by atoms with E-state index in [9.17, 15) is 9.59 Å². The van der Waals surface area contributed by atoms with Gasteiger partial charge in [-0.05, 0) is 26.0 Å². The van der Waals surface area contributed by atoms with Crippen LogP contribution in [0.1, 0.15) is 27.4 Å². The molecule has 4 rings (SSSR count). The number of aryl methyl sites for hydroxylation is 2. The molecule has 132 valence electrons. The van der Waals surface area contributed by atoms with Gasteiger partial charge in [-0.3, -0.25) is 14.3 Å². The third-order valence-corrected chi connectivity index (χ3v) is 4.57. The number of carbonyl (C=O) groups is 1. The third-order valence-electron chi connectivity index (χ3n) is 4.57. The number of aromatic amines is 1. The quantitative estimate of drug-likeness (QED) is 0.569. The van der Waals surface area contributed by atoms with E-state index in [4.69, 9.17) is 0 Å². The molecule has 9 heteroatoms. The molecule has 0 aliphatic rings. The number of nitrogens with zero attached hydrogens (tertiary/aromatic N) is 5. The highest BCUT2D eigenvalue weighted by Gasteiger charge is 2.20. The molecular formula is C17H17N7O2. The number of amides is 1. The van der Waals surface area contributed by atoms with Crippen LogP contribution in [-0.4, -0.2) is 35.5 Å². The first-order valence-corrected chi connectivity index (χ1v) is 8.11. The van der Waals surface area contributed by atoms with E-state index < -0.39 is 11.5 Å². The summed E-state index contributed by atoms with van der Waals surface area (Å²) in [6.45, 7) is 4.12. The van der Waals surface area contributed by atoms with Crippen molar-refractivity contribution in [2.45, 2.75) is 20.4 Å². The van der Waals surface area contributed by atoms with Gasteiger partial charge in [-0.25, -0.2) is 4.52 Å². The number of nitrogens with one attached hydrogen (secondary N) is 2. The van der Waals surface area contributed by atoms with Gasteiger partial charge in [0.05, 0.1) is 16.7 Å². The van der Waals surface area contributed by atoms with Crippen molar-refractivity contribution < 1.29 is 4.79 Å². The maximum absolute atomic E-state index is 12.6. The fraction of sp³-hybridized carbons (Fsp3) is 0.235. The van der Waals surface area contributed by atoms with Crippen LogP contribution in [-0.2, 0) is 13.6 Å². The van der Waals surface area contributed by atoms with Crippen molar-refractivity contribution in [3.05, 3.63) is 57.3 Å². The van der Waals surface area contributed by atoms with Crippen molar-refractivity contribution in [3.63, 3.8) is 0 Å². The molecule has 0 saturated heterocycles. The van der Waals surface area contributed by atoms with Crippen molar-refractivity contribution in [2.24, 2.45) is 7.05 Å². The highest BCUT2D eigenvalue weighted by Crippen LogP contribution is 2.14. The summed E-state index contributed by atoms with van der Waals surface area (Å²) in [7, 11) is 1.85. The normalized spacial score (nSPS) is 11.3. The Hall–Kier alpha value is -3.49. The highest BCUT2D eigenvalue weighted by molar-refractivity contribution is 5.99. The second-order valence-electron chi connectivity index (χ2n) is 6.13. The summed E-state index contributed by atoms with van der Waals surface area (Å²) in [6.07, 6.45) is 0. The molecule has 0 aliphatic carbocycles. The Bertz CT molecular complexity index is 1220. The summed E-state index contributed by atoms with van der Waals surface area (Å²) in [5.74, 6) is -0.455. The second kappa shape index (κ2) is 5.80. The molecule has 0 fully saturated rings. The van der Waals surface area contributed by atoms with Gasteiger partial charge in [0.25, 0.3) is 11.5 Å². The summed E-state index contributed by atoms with van der Waals surface area (Å²) in [5, 5.41) is 15.1. The number of benzene rings is 1. The van der Waals surface area contributed by atoms with E-state index >= 15 is 0 Å². The fourth-order valence-electron chi connectivity index (χ4n) is 3.08. The average molecular weight is 351 g/mol. The van der Waals surface area contributed by atoms with Gasteiger partial charge in [0.1, 0.15) is 0 Å². The van der Waals surface area contributed by atoms with Gasteiger partial charge >= 0.3 is 0 Å². The summed E-state index contributed by atoms with van der Waals surface area (Å²) in [6, 6.07) is 7.21. The van der Waals surface area contributed by atoms with E-state index in [1.165, 1.54) is 4.52 Å². The Morgan fingerprint density at radius 1 is 1.27 bits per heavy atom. The molecule has 0 unspecified atom stereocenters. The van der Waals surface area contributed by atoms with Crippen molar-refractivity contribution in [3.8, 4) is 0 Å². The maximum atomic E-state index is 12.6. The van der Waals surface area contributed by atoms with E-state index in [1.807, 2.05) is 33.0 Å². The lowest BCUT2D eigenvalue weighted by molar-refractivity contribution is 0.0947. The van der Waals surface area contributed by atoms with E-state index in [1.54, 1.807) is 16.8 Å². The van der Waals surface area contributed by atoms with Crippen molar-refractivity contribution in [2.75, 3.05) is 0 Å². The number of aromatic nitrogens is 6. The van der Waals surface area contributed by atoms with Crippen LogP contribution in [0.4, 0.5) is 0 Å². The first-order valence-electron chi connectivity index (χ1n) is 8.11. The molecular weight excluding hydrogens is 334 g/mol. The lowest BCUT2D eigenvalue weighted by Gasteiger charge is -2.04. The molecule has 1 amide bonds. The topological polar surface area (TPSA) is 110 Å². The van der Waals surface area contributed by atoms with Crippen molar-refractivity contribution >= 4 is 22.5 Å². The van der Waals surface area contributed by atoms with Crippen LogP contribution in [0.15, 0.2) is 29.1 Å². The van der Waals surface area contributed by atoms with Crippen molar-refractivity contribution in [1.29, 1.82) is 0 Å². The van der Waals surface area contributed by atoms with Gasteiger partial charge in [0.2, 0.25) is 0 Å². The smallest absolute Gasteiger partial charge is 0.277 e. The molecule has 0 spiro atoms. The minimum Gasteiger partial charge on any atom is -0.346 e. The number of fused-ring (bicyclic) bond motifs is 3. The minimum atomic E-state index is -0.455. The molecule has 9 nitrogen and oxygen atoms in total. The number of H-pyrrole nitrogens is 1. The summed E-state index contributed by atoms with van der Waals surface area (Å²) < 4.78 is 3.16. The predicted molar refractivity (Wildman–Crippen MR) is 95.0 cm³/mol. The summed E-state index contributed by atoms with van der Waals surface area (Å²) in [5.41, 5.74) is 3.78. The van der Waals surface area contributed by atoms with Gasteiger partial charge in [0, 0.05) is 24.8 Å². The lowest BCUT2D eigenvalue weighted by atomic mass is 10.2. The SMILES string of the molecule is Cc1nn(C)c(C)c1CNC(=O)c1nnn2c1c(=O)[nH]c1ccccc12. The monoisotopic (exact) mass is 351 g/mol. The van der Waals surface area contributed by atoms with E-state index in [2.05, 4.69) is 25.7 Å². The Labute approximate surface area is 147 Å². The van der Waals surface area contributed by atoms with Crippen LogP contribution >= 0.6 is 0 Å². The predicted octanol–water partition coefficient (Wildman–Crippen LogP) is 0.851. The second-order valence-corrected chi connectivity index (χ2v) is 6.13. The average Bonchev–Trinajstić information content (AvgIpc) is 3.16. The first kappa shape index (κ1) is 16.0. The molecule has 2 N–H and O–H groups in total. The van der Waals surface area contributed by atoms with Crippen LogP contribution in [0, 0.1) is 13.8 Å². The highest BCUT2D eigenvalue weighted by atomic mass is 16.2. The Morgan fingerprint density at radius 2 is 2.04 bits per heavy atom. The number of rotatable bonds is 3. The molecule has 3 heterocycles.